The summed E-state index contributed by atoms with van der Waals surface area (Å²) in [6.45, 7) is 3.89. The summed E-state index contributed by atoms with van der Waals surface area (Å²) in [5.41, 5.74) is 0.954. The predicted octanol–water partition coefficient (Wildman–Crippen LogP) is 3.58. The Morgan fingerprint density at radius 3 is 2.47 bits per heavy atom. The molecule has 1 unspecified atom stereocenters. The lowest BCUT2D eigenvalue weighted by molar-refractivity contribution is 0.480. The van der Waals surface area contributed by atoms with Gasteiger partial charge in [0.15, 0.2) is 0 Å². The molecule has 0 aliphatic rings. The van der Waals surface area contributed by atoms with E-state index in [-0.39, 0.29) is 5.92 Å². The molecule has 0 saturated heterocycles. The molecule has 0 amide bonds. The fourth-order valence-electron chi connectivity index (χ4n) is 1.35. The molecule has 82 valence electrons. The molecule has 1 aromatic carbocycles. The lowest BCUT2D eigenvalue weighted by atomic mass is 10.2. The van der Waals surface area contributed by atoms with Crippen LogP contribution in [0.2, 0.25) is 0 Å². The van der Waals surface area contributed by atoms with Crippen molar-refractivity contribution in [1.82, 2.24) is 0 Å². The lowest BCUT2D eigenvalue weighted by Crippen LogP contribution is -1.95. The van der Waals surface area contributed by atoms with Gasteiger partial charge in [0.1, 0.15) is 0 Å². The van der Waals surface area contributed by atoms with Gasteiger partial charge in [0.05, 0.1) is 0 Å². The van der Waals surface area contributed by atoms with Crippen LogP contribution in [0.25, 0.3) is 6.08 Å². The molecule has 1 N–H and O–H groups in total. The maximum absolute atomic E-state index is 11.7. The summed E-state index contributed by atoms with van der Waals surface area (Å²) < 4.78 is 11.7. The summed E-state index contributed by atoms with van der Waals surface area (Å²) >= 11 is 0. The standard InChI is InChI=1S/C12H17O2P/c1-11(2)10-15(13,14)9-8-12-6-4-3-5-7-12/h3-9,11H,10H2,1-2H3,(H,13,14)/b9-8+. The molecule has 0 heterocycles. The minimum Gasteiger partial charge on any atom is -0.341 e. The van der Waals surface area contributed by atoms with Crippen LogP contribution in [-0.2, 0) is 4.57 Å². The van der Waals surface area contributed by atoms with Crippen LogP contribution in [0.5, 0.6) is 0 Å². The van der Waals surface area contributed by atoms with Crippen molar-refractivity contribution >= 4 is 13.4 Å². The molecular weight excluding hydrogens is 207 g/mol. The van der Waals surface area contributed by atoms with Crippen molar-refractivity contribution in [3.63, 3.8) is 0 Å². The van der Waals surface area contributed by atoms with Crippen LogP contribution >= 0.6 is 7.37 Å². The molecule has 2 nitrogen and oxygen atoms in total. The number of benzene rings is 1. The summed E-state index contributed by atoms with van der Waals surface area (Å²) in [6, 6.07) is 9.55. The van der Waals surface area contributed by atoms with E-state index < -0.39 is 7.37 Å². The third kappa shape index (κ3) is 4.96. The van der Waals surface area contributed by atoms with Crippen LogP contribution in [0.15, 0.2) is 36.1 Å². The third-order valence-electron chi connectivity index (χ3n) is 1.93. The normalized spacial score (nSPS) is 15.7. The Morgan fingerprint density at radius 1 is 1.33 bits per heavy atom. The van der Waals surface area contributed by atoms with Crippen LogP contribution in [0.4, 0.5) is 0 Å². The van der Waals surface area contributed by atoms with E-state index in [4.69, 9.17) is 0 Å². The second kappa shape index (κ2) is 5.29. The number of rotatable bonds is 4. The van der Waals surface area contributed by atoms with E-state index in [1.54, 1.807) is 6.08 Å². The molecule has 0 radical (unpaired) electrons. The third-order valence-corrected chi connectivity index (χ3v) is 3.79. The highest BCUT2D eigenvalue weighted by atomic mass is 31.2. The van der Waals surface area contributed by atoms with Gasteiger partial charge in [0.25, 0.3) is 0 Å². The highest BCUT2D eigenvalue weighted by Gasteiger charge is 2.15. The van der Waals surface area contributed by atoms with Gasteiger partial charge in [-0.2, -0.15) is 0 Å². The molecule has 0 fully saturated rings. The Balaban J connectivity index is 2.69. The minimum absolute atomic E-state index is 0.237. The summed E-state index contributed by atoms with van der Waals surface area (Å²) in [5.74, 6) is 1.67. The van der Waals surface area contributed by atoms with E-state index in [2.05, 4.69) is 0 Å². The average Bonchev–Trinajstić information content (AvgIpc) is 2.15. The second-order valence-corrected chi connectivity index (χ2v) is 6.23. The zero-order chi connectivity index (χ0) is 11.3. The maximum atomic E-state index is 11.7. The van der Waals surface area contributed by atoms with Crippen LogP contribution in [-0.4, -0.2) is 11.1 Å². The topological polar surface area (TPSA) is 37.3 Å². The van der Waals surface area contributed by atoms with Gasteiger partial charge in [-0.25, -0.2) is 0 Å². The Morgan fingerprint density at radius 2 is 1.93 bits per heavy atom. The number of hydrogen-bond acceptors (Lipinski definition) is 1. The molecule has 0 aliphatic heterocycles. The lowest BCUT2D eigenvalue weighted by Gasteiger charge is -2.08. The first-order valence-electron chi connectivity index (χ1n) is 5.05. The quantitative estimate of drug-likeness (QED) is 0.793. The molecule has 0 bridgehead atoms. The molecule has 3 heteroatoms. The first kappa shape index (κ1) is 12.2. The van der Waals surface area contributed by atoms with Gasteiger partial charge in [-0.15, -0.1) is 0 Å². The molecule has 1 atom stereocenters. The van der Waals surface area contributed by atoms with Gasteiger partial charge in [0, 0.05) is 12.0 Å². The van der Waals surface area contributed by atoms with Crippen LogP contribution in [0.1, 0.15) is 19.4 Å². The Hall–Kier alpha value is -0.850. The van der Waals surface area contributed by atoms with Crippen molar-refractivity contribution in [2.45, 2.75) is 13.8 Å². The Kier molecular flexibility index (Phi) is 4.31. The molecule has 0 aliphatic carbocycles. The highest BCUT2D eigenvalue weighted by Crippen LogP contribution is 2.44. The minimum atomic E-state index is -3.09. The van der Waals surface area contributed by atoms with Crippen LogP contribution in [0, 0.1) is 5.92 Å². The summed E-state index contributed by atoms with van der Waals surface area (Å²) in [7, 11) is -3.09. The van der Waals surface area contributed by atoms with Gasteiger partial charge >= 0.3 is 0 Å². The molecule has 15 heavy (non-hydrogen) atoms. The van der Waals surface area contributed by atoms with Gasteiger partial charge in [-0.1, -0.05) is 44.2 Å². The van der Waals surface area contributed by atoms with E-state index in [1.807, 2.05) is 44.2 Å². The molecule has 0 aromatic heterocycles. The summed E-state index contributed by atoms with van der Waals surface area (Å²) in [5, 5.41) is 0. The zero-order valence-corrected chi connectivity index (χ0v) is 10.0. The van der Waals surface area contributed by atoms with E-state index in [1.165, 1.54) is 5.82 Å². The van der Waals surface area contributed by atoms with Crippen molar-refractivity contribution in [2.24, 2.45) is 5.92 Å². The van der Waals surface area contributed by atoms with E-state index in [0.29, 0.717) is 6.16 Å². The first-order valence-corrected chi connectivity index (χ1v) is 6.97. The fourth-order valence-corrected chi connectivity index (χ4v) is 2.92. The summed E-state index contributed by atoms with van der Waals surface area (Å²) in [6.07, 6.45) is 2.06. The van der Waals surface area contributed by atoms with Crippen molar-refractivity contribution in [2.75, 3.05) is 6.16 Å². The SMILES string of the molecule is CC(C)CP(=O)(O)/C=C/c1ccccc1. The van der Waals surface area contributed by atoms with E-state index >= 15 is 0 Å². The maximum Gasteiger partial charge on any atom is 0.222 e. The molecular formula is C12H17O2P. The van der Waals surface area contributed by atoms with Gasteiger partial charge < -0.3 is 4.89 Å². The Bertz CT molecular complexity index is 368. The Labute approximate surface area is 91.1 Å². The van der Waals surface area contributed by atoms with Gasteiger partial charge in [0.2, 0.25) is 7.37 Å². The van der Waals surface area contributed by atoms with Gasteiger partial charge in [-0.05, 0) is 17.6 Å². The van der Waals surface area contributed by atoms with Crippen molar-refractivity contribution < 1.29 is 9.46 Å². The van der Waals surface area contributed by atoms with Crippen molar-refractivity contribution in [3.8, 4) is 0 Å². The molecule has 0 spiro atoms. The fraction of sp³-hybridized carbons (Fsp3) is 0.333. The second-order valence-electron chi connectivity index (χ2n) is 4.06. The van der Waals surface area contributed by atoms with Crippen molar-refractivity contribution in [1.29, 1.82) is 0 Å². The smallest absolute Gasteiger partial charge is 0.222 e. The van der Waals surface area contributed by atoms with Crippen molar-refractivity contribution in [3.05, 3.63) is 41.7 Å². The largest absolute Gasteiger partial charge is 0.341 e. The average molecular weight is 224 g/mol. The van der Waals surface area contributed by atoms with Crippen LogP contribution < -0.4 is 0 Å². The first-order chi connectivity index (χ1) is 6.99. The highest BCUT2D eigenvalue weighted by molar-refractivity contribution is 7.61. The monoisotopic (exact) mass is 224 g/mol. The number of hydrogen-bond donors (Lipinski definition) is 1. The van der Waals surface area contributed by atoms with Crippen LogP contribution in [0.3, 0.4) is 0 Å². The predicted molar refractivity (Wildman–Crippen MR) is 65.0 cm³/mol. The summed E-state index contributed by atoms with van der Waals surface area (Å²) in [4.78, 5) is 9.61. The molecule has 1 aromatic rings. The molecule has 1 rings (SSSR count). The van der Waals surface area contributed by atoms with Gasteiger partial charge in [-0.3, -0.25) is 4.57 Å². The van der Waals surface area contributed by atoms with E-state index in [0.717, 1.165) is 5.56 Å². The van der Waals surface area contributed by atoms with E-state index in [9.17, 15) is 9.46 Å². The molecule has 0 saturated carbocycles. The zero-order valence-electron chi connectivity index (χ0n) is 9.13.